The Morgan fingerprint density at radius 1 is 0.393 bits per heavy atom. The summed E-state index contributed by atoms with van der Waals surface area (Å²) >= 11 is 0. The third-order valence-electron chi connectivity index (χ3n) is 13.1. The van der Waals surface area contributed by atoms with Gasteiger partial charge in [-0.15, -0.1) is 0 Å². The maximum absolute atomic E-state index is 9.66. The van der Waals surface area contributed by atoms with Crippen molar-refractivity contribution < 1.29 is 5.48 Å². The second-order valence-corrected chi connectivity index (χ2v) is 16.1. The Hall–Kier alpha value is -7.94. The molecule has 1 aromatic heterocycles. The Balaban J connectivity index is 1.11. The molecule has 61 heavy (non-hydrogen) atoms. The summed E-state index contributed by atoms with van der Waals surface area (Å²) in [6.07, 6.45) is 0. The highest BCUT2D eigenvalue weighted by Crippen LogP contribution is 2.62. The largest absolute Gasteiger partial charge is 0.310 e. The van der Waals surface area contributed by atoms with Gasteiger partial charge in [-0.25, -0.2) is 0 Å². The topological polar surface area (TPSA) is 8.17 Å². The van der Waals surface area contributed by atoms with Crippen molar-refractivity contribution in [2.75, 3.05) is 4.90 Å². The van der Waals surface area contributed by atoms with Crippen molar-refractivity contribution in [3.8, 4) is 39.1 Å². The van der Waals surface area contributed by atoms with Crippen LogP contribution in [0.25, 0.3) is 71.6 Å². The van der Waals surface area contributed by atoms with Crippen LogP contribution in [0, 0.1) is 0 Å². The van der Waals surface area contributed by atoms with Crippen LogP contribution >= 0.6 is 0 Å². The number of benzene rings is 10. The minimum atomic E-state index is -1.01. The van der Waals surface area contributed by atoms with Gasteiger partial charge in [-0.3, -0.25) is 0 Å². The van der Waals surface area contributed by atoms with Crippen molar-refractivity contribution in [3.05, 3.63) is 253 Å². The molecule has 2 nitrogen and oxygen atoms in total. The van der Waals surface area contributed by atoms with E-state index in [-0.39, 0.29) is 24.2 Å². The van der Waals surface area contributed by atoms with Gasteiger partial charge in [0.05, 0.1) is 27.6 Å². The van der Waals surface area contributed by atoms with E-state index in [1.54, 1.807) is 0 Å². The van der Waals surface area contributed by atoms with Gasteiger partial charge in [0, 0.05) is 33.2 Å². The highest BCUT2D eigenvalue weighted by molar-refractivity contribution is 6.14. The zero-order valence-corrected chi connectivity index (χ0v) is 33.0. The van der Waals surface area contributed by atoms with E-state index < -0.39 is 5.41 Å². The molecule has 1 unspecified atom stereocenters. The minimum Gasteiger partial charge on any atom is -0.310 e. The van der Waals surface area contributed by atoms with Gasteiger partial charge < -0.3 is 9.47 Å². The number of fused-ring (bicyclic) bond motifs is 12. The molecule has 284 valence electrons. The van der Waals surface area contributed by atoms with Crippen LogP contribution in [-0.2, 0) is 5.41 Å². The molecule has 0 N–H and O–H groups in total. The second kappa shape index (κ2) is 13.0. The number of aromatic nitrogens is 1. The Morgan fingerprint density at radius 3 is 1.80 bits per heavy atom. The maximum Gasteiger partial charge on any atom is 0.0725 e. The molecule has 1 heterocycles. The van der Waals surface area contributed by atoms with Crippen molar-refractivity contribution in [1.29, 1.82) is 0 Å². The Morgan fingerprint density at radius 2 is 1.00 bits per heavy atom. The molecule has 2 heteroatoms. The van der Waals surface area contributed by atoms with E-state index in [1.807, 2.05) is 24.3 Å². The highest BCUT2D eigenvalue weighted by atomic mass is 15.1. The fraction of sp³-hybridized carbons (Fsp3) is 0.0169. The van der Waals surface area contributed by atoms with Gasteiger partial charge in [-0.2, -0.15) is 0 Å². The van der Waals surface area contributed by atoms with Gasteiger partial charge in [0.15, 0.2) is 0 Å². The third-order valence-corrected chi connectivity index (χ3v) is 13.1. The van der Waals surface area contributed by atoms with Gasteiger partial charge in [0.25, 0.3) is 0 Å². The van der Waals surface area contributed by atoms with E-state index in [9.17, 15) is 2.74 Å². The average Bonchev–Trinajstić information content (AvgIpc) is 3.86. The molecule has 0 saturated carbocycles. The number of nitrogens with zero attached hydrogens (tertiary/aromatic N) is 2. The molecule has 13 rings (SSSR count). The fourth-order valence-electron chi connectivity index (χ4n) is 10.6. The van der Waals surface area contributed by atoms with Crippen LogP contribution in [0.5, 0.6) is 0 Å². The van der Waals surface area contributed by atoms with Gasteiger partial charge in [0.2, 0.25) is 0 Å². The van der Waals surface area contributed by atoms with Gasteiger partial charge >= 0.3 is 0 Å². The molecule has 0 bridgehead atoms. The average molecular weight is 779 g/mol. The zero-order chi connectivity index (χ0) is 43.6. The van der Waals surface area contributed by atoms with Crippen LogP contribution in [0.2, 0.25) is 0 Å². The molecule has 0 fully saturated rings. The molecular weight excluding hydrogens is 737 g/mol. The quantitative estimate of drug-likeness (QED) is 0.169. The number of anilines is 3. The molecule has 2 aliphatic rings. The number of hydrogen-bond donors (Lipinski definition) is 0. The molecule has 0 aliphatic heterocycles. The lowest BCUT2D eigenvalue weighted by Crippen LogP contribution is -2.32. The lowest BCUT2D eigenvalue weighted by atomic mass is 9.61. The molecule has 0 amide bonds. The van der Waals surface area contributed by atoms with Gasteiger partial charge in [-0.05, 0) is 116 Å². The van der Waals surface area contributed by atoms with Crippen LogP contribution in [0.15, 0.2) is 230 Å². The lowest BCUT2D eigenvalue weighted by Gasteiger charge is -2.40. The summed E-state index contributed by atoms with van der Waals surface area (Å²) in [6, 6.07) is 72.4. The molecule has 1 spiro atoms. The molecule has 11 aromatic rings. The molecular formula is C59H38N2. The fourth-order valence-corrected chi connectivity index (χ4v) is 10.6. The predicted molar refractivity (Wildman–Crippen MR) is 255 cm³/mol. The van der Waals surface area contributed by atoms with Crippen molar-refractivity contribution in [2.24, 2.45) is 0 Å². The van der Waals surface area contributed by atoms with Crippen molar-refractivity contribution in [3.63, 3.8) is 0 Å². The summed E-state index contributed by atoms with van der Waals surface area (Å²) in [7, 11) is 0. The Bertz CT molecular complexity index is 3770. The van der Waals surface area contributed by atoms with Crippen molar-refractivity contribution >= 4 is 49.6 Å². The Kier molecular flexibility index (Phi) is 6.44. The predicted octanol–water partition coefficient (Wildman–Crippen LogP) is 15.4. The SMILES string of the molecule is [2H]c1c([2H])c([2H])c2c(c1[2H])-c1ccccc1C21c2ccccc2-c2cccc3c(N(c4ccc(-c5ccccc5)cc4)c4ccc5c(c4)c4ccccc4n5-c4ccccc4)ccc1c23. The van der Waals surface area contributed by atoms with Crippen LogP contribution in [-0.4, -0.2) is 4.57 Å². The number of para-hydroxylation sites is 2. The standard InChI is InChI=1S/C59H38N2/c1-3-16-39(17-4-1)40-30-32-42(33-31-40)60(43-34-36-57-50(38-43)47-23-10-14-29-55(47)61(57)41-18-5-2-6-19-41)56-37-35-54-58-48(24-15-25-49(56)58)46-22-9-13-28-53(46)59(54)51-26-11-7-20-44(51)45-21-8-12-27-52(45)59/h1-38H/i7D,11D,20D,26D. The third kappa shape index (κ3) is 4.73. The molecule has 0 radical (unpaired) electrons. The molecule has 2 aliphatic carbocycles. The van der Waals surface area contributed by atoms with E-state index in [0.717, 1.165) is 94.4 Å². The Labute approximate surface area is 360 Å². The van der Waals surface area contributed by atoms with Gasteiger partial charge in [-0.1, -0.05) is 176 Å². The normalized spacial score (nSPS) is 15.5. The van der Waals surface area contributed by atoms with E-state index in [2.05, 4.69) is 191 Å². The first-order valence-electron chi connectivity index (χ1n) is 22.9. The van der Waals surface area contributed by atoms with Crippen molar-refractivity contribution in [2.45, 2.75) is 5.41 Å². The van der Waals surface area contributed by atoms with E-state index in [0.29, 0.717) is 11.1 Å². The van der Waals surface area contributed by atoms with Gasteiger partial charge in [0.1, 0.15) is 0 Å². The van der Waals surface area contributed by atoms with Crippen molar-refractivity contribution in [1.82, 2.24) is 4.57 Å². The first-order valence-corrected chi connectivity index (χ1v) is 20.9. The molecule has 10 aromatic carbocycles. The smallest absolute Gasteiger partial charge is 0.0725 e. The monoisotopic (exact) mass is 778 g/mol. The summed E-state index contributed by atoms with van der Waals surface area (Å²) in [5, 5.41) is 4.42. The van der Waals surface area contributed by atoms with Crippen LogP contribution in [0.3, 0.4) is 0 Å². The first-order chi connectivity index (χ1) is 31.9. The summed E-state index contributed by atoms with van der Waals surface area (Å²) in [6.45, 7) is 0. The summed E-state index contributed by atoms with van der Waals surface area (Å²) in [4.78, 5) is 2.38. The second-order valence-electron chi connectivity index (χ2n) is 16.1. The first kappa shape index (κ1) is 30.2. The minimum absolute atomic E-state index is 0.00767. The van der Waals surface area contributed by atoms with Crippen LogP contribution in [0.4, 0.5) is 17.1 Å². The van der Waals surface area contributed by atoms with E-state index in [1.165, 1.54) is 5.39 Å². The molecule has 0 saturated heterocycles. The van der Waals surface area contributed by atoms with Crippen LogP contribution < -0.4 is 4.90 Å². The zero-order valence-electron chi connectivity index (χ0n) is 37.0. The highest BCUT2D eigenvalue weighted by Gasteiger charge is 2.50. The number of rotatable bonds is 5. The van der Waals surface area contributed by atoms with E-state index in [4.69, 9.17) is 2.74 Å². The summed E-state index contributed by atoms with van der Waals surface area (Å²) in [5.41, 5.74) is 14.8. The van der Waals surface area contributed by atoms with E-state index >= 15 is 0 Å². The number of hydrogen-bond acceptors (Lipinski definition) is 1. The maximum atomic E-state index is 9.66. The summed E-state index contributed by atoms with van der Waals surface area (Å²) < 4.78 is 39.2. The summed E-state index contributed by atoms with van der Waals surface area (Å²) in [5.74, 6) is 0. The van der Waals surface area contributed by atoms with Crippen LogP contribution in [0.1, 0.15) is 27.7 Å². The lowest BCUT2D eigenvalue weighted by molar-refractivity contribution is 0.773. The molecule has 1 atom stereocenters.